The van der Waals surface area contributed by atoms with Crippen molar-refractivity contribution in [3.05, 3.63) is 52.4 Å². The van der Waals surface area contributed by atoms with Crippen LogP contribution in [0.25, 0.3) is 21.7 Å². The van der Waals surface area contributed by atoms with Gasteiger partial charge in [-0.15, -0.1) is 0 Å². The van der Waals surface area contributed by atoms with Crippen LogP contribution in [0.15, 0.2) is 45.6 Å². The van der Waals surface area contributed by atoms with Crippen molar-refractivity contribution in [1.82, 2.24) is 0 Å². The second-order valence-electron chi connectivity index (χ2n) is 5.37. The van der Waals surface area contributed by atoms with E-state index in [0.717, 1.165) is 10.8 Å². The standard InChI is InChI=1S/C18H16O4/c1-10-16(21-12(3)11(2)19)9-8-14-13-6-4-5-7-15(13)18(20)22-17(10)14/h4-9,12H,1-3H3. The Morgan fingerprint density at radius 3 is 2.45 bits per heavy atom. The van der Waals surface area contributed by atoms with Crippen molar-refractivity contribution in [1.29, 1.82) is 0 Å². The smallest absolute Gasteiger partial charge is 0.344 e. The van der Waals surface area contributed by atoms with Crippen LogP contribution in [0.4, 0.5) is 0 Å². The summed E-state index contributed by atoms with van der Waals surface area (Å²) in [6, 6.07) is 11.0. The lowest BCUT2D eigenvalue weighted by atomic mass is 10.0. The molecule has 112 valence electrons. The van der Waals surface area contributed by atoms with Gasteiger partial charge in [0.15, 0.2) is 11.9 Å². The summed E-state index contributed by atoms with van der Waals surface area (Å²) in [6.45, 7) is 5.00. The molecule has 1 atom stereocenters. The van der Waals surface area contributed by atoms with Crippen LogP contribution in [0.5, 0.6) is 5.75 Å². The van der Waals surface area contributed by atoms with Crippen LogP contribution in [-0.2, 0) is 4.79 Å². The summed E-state index contributed by atoms with van der Waals surface area (Å²) in [5, 5.41) is 2.26. The average Bonchev–Trinajstić information content (AvgIpc) is 2.51. The van der Waals surface area contributed by atoms with Crippen molar-refractivity contribution in [2.75, 3.05) is 0 Å². The predicted octanol–water partition coefficient (Wildman–Crippen LogP) is 3.61. The molecule has 0 aliphatic rings. The number of rotatable bonds is 3. The SMILES string of the molecule is CC(=O)C(C)Oc1ccc2c(oc(=O)c3ccccc32)c1C. The molecule has 0 aliphatic heterocycles. The quantitative estimate of drug-likeness (QED) is 0.547. The fraction of sp³-hybridized carbons (Fsp3) is 0.222. The van der Waals surface area contributed by atoms with Gasteiger partial charge in [-0.1, -0.05) is 18.2 Å². The molecule has 3 rings (SSSR count). The molecule has 1 unspecified atom stereocenters. The van der Waals surface area contributed by atoms with Crippen molar-refractivity contribution >= 4 is 27.5 Å². The number of hydrogen-bond donors (Lipinski definition) is 0. The molecule has 0 saturated heterocycles. The predicted molar refractivity (Wildman–Crippen MR) is 85.5 cm³/mol. The first-order valence-electron chi connectivity index (χ1n) is 7.11. The molecule has 4 heteroatoms. The summed E-state index contributed by atoms with van der Waals surface area (Å²) in [5.74, 6) is 0.494. The molecule has 0 saturated carbocycles. The Bertz CT molecular complexity index is 937. The van der Waals surface area contributed by atoms with E-state index in [1.54, 1.807) is 13.0 Å². The second kappa shape index (κ2) is 5.30. The maximum absolute atomic E-state index is 12.1. The van der Waals surface area contributed by atoms with Gasteiger partial charge in [0.2, 0.25) is 0 Å². The van der Waals surface area contributed by atoms with Crippen LogP contribution in [0.1, 0.15) is 19.4 Å². The highest BCUT2D eigenvalue weighted by atomic mass is 16.5. The van der Waals surface area contributed by atoms with E-state index < -0.39 is 6.10 Å². The molecule has 1 heterocycles. The monoisotopic (exact) mass is 296 g/mol. The molecule has 3 aromatic rings. The molecule has 0 spiro atoms. The first kappa shape index (κ1) is 14.3. The van der Waals surface area contributed by atoms with Crippen molar-refractivity contribution in [2.45, 2.75) is 26.9 Å². The zero-order chi connectivity index (χ0) is 15.9. The summed E-state index contributed by atoms with van der Waals surface area (Å²) >= 11 is 0. The van der Waals surface area contributed by atoms with E-state index in [-0.39, 0.29) is 11.4 Å². The van der Waals surface area contributed by atoms with Crippen molar-refractivity contribution in [3.8, 4) is 5.75 Å². The number of Topliss-reactive ketones (excluding diaryl/α,β-unsaturated/α-hetero) is 1. The number of hydrogen-bond acceptors (Lipinski definition) is 4. The first-order valence-corrected chi connectivity index (χ1v) is 7.11. The summed E-state index contributed by atoms with van der Waals surface area (Å²) in [6.07, 6.45) is -0.539. The van der Waals surface area contributed by atoms with Gasteiger partial charge in [-0.3, -0.25) is 4.79 Å². The zero-order valence-electron chi connectivity index (χ0n) is 12.7. The Labute approximate surface area is 127 Å². The lowest BCUT2D eigenvalue weighted by molar-refractivity contribution is -0.122. The molecule has 0 bridgehead atoms. The summed E-state index contributed by atoms with van der Waals surface area (Å²) < 4.78 is 11.1. The Hall–Kier alpha value is -2.62. The minimum absolute atomic E-state index is 0.0561. The highest BCUT2D eigenvalue weighted by molar-refractivity contribution is 6.05. The van der Waals surface area contributed by atoms with Crippen molar-refractivity contribution in [3.63, 3.8) is 0 Å². The lowest BCUT2D eigenvalue weighted by Gasteiger charge is -2.15. The average molecular weight is 296 g/mol. The molecule has 2 aromatic carbocycles. The third-order valence-corrected chi connectivity index (χ3v) is 3.86. The van der Waals surface area contributed by atoms with Crippen LogP contribution in [0.2, 0.25) is 0 Å². The number of carbonyl (C=O) groups excluding carboxylic acids is 1. The second-order valence-corrected chi connectivity index (χ2v) is 5.37. The van der Waals surface area contributed by atoms with Crippen molar-refractivity contribution in [2.24, 2.45) is 0 Å². The largest absolute Gasteiger partial charge is 0.483 e. The van der Waals surface area contributed by atoms with Crippen LogP contribution in [-0.4, -0.2) is 11.9 Å². The van der Waals surface area contributed by atoms with Gasteiger partial charge in [0, 0.05) is 10.9 Å². The number of aryl methyl sites for hydroxylation is 1. The highest BCUT2D eigenvalue weighted by Gasteiger charge is 2.15. The fourth-order valence-corrected chi connectivity index (χ4v) is 2.46. The maximum Gasteiger partial charge on any atom is 0.344 e. The number of ketones is 1. The number of fused-ring (bicyclic) bond motifs is 3. The van der Waals surface area contributed by atoms with E-state index in [1.165, 1.54) is 6.92 Å². The summed E-state index contributed by atoms with van der Waals surface area (Å²) in [4.78, 5) is 23.5. The summed E-state index contributed by atoms with van der Waals surface area (Å²) in [7, 11) is 0. The van der Waals surface area contributed by atoms with Gasteiger partial charge in [0.1, 0.15) is 11.3 Å². The van der Waals surface area contributed by atoms with Crippen LogP contribution in [0, 0.1) is 6.92 Å². The molecule has 22 heavy (non-hydrogen) atoms. The van der Waals surface area contributed by atoms with Gasteiger partial charge in [0.05, 0.1) is 5.39 Å². The topological polar surface area (TPSA) is 56.5 Å². The van der Waals surface area contributed by atoms with Crippen LogP contribution in [0.3, 0.4) is 0 Å². The van der Waals surface area contributed by atoms with Gasteiger partial charge in [-0.25, -0.2) is 4.79 Å². The number of ether oxygens (including phenoxy) is 1. The van der Waals surface area contributed by atoms with Crippen molar-refractivity contribution < 1.29 is 13.9 Å². The van der Waals surface area contributed by atoms with Gasteiger partial charge in [0.25, 0.3) is 0 Å². The molecule has 4 nitrogen and oxygen atoms in total. The zero-order valence-corrected chi connectivity index (χ0v) is 12.7. The van der Waals surface area contributed by atoms with Crippen LogP contribution >= 0.6 is 0 Å². The third-order valence-electron chi connectivity index (χ3n) is 3.86. The van der Waals surface area contributed by atoms with E-state index in [9.17, 15) is 9.59 Å². The molecular formula is C18H16O4. The summed E-state index contributed by atoms with van der Waals surface area (Å²) in [5.41, 5.74) is 0.841. The Morgan fingerprint density at radius 2 is 1.77 bits per heavy atom. The molecule has 0 N–H and O–H groups in total. The Balaban J connectivity index is 2.26. The number of benzene rings is 2. The number of carbonyl (C=O) groups is 1. The molecular weight excluding hydrogens is 280 g/mol. The normalized spacial score (nSPS) is 12.5. The van der Waals surface area contributed by atoms with Crippen LogP contribution < -0.4 is 10.4 Å². The minimum Gasteiger partial charge on any atom is -0.483 e. The van der Waals surface area contributed by atoms with Gasteiger partial charge < -0.3 is 9.15 Å². The maximum atomic E-state index is 12.1. The van der Waals surface area contributed by atoms with E-state index in [2.05, 4.69) is 0 Å². The minimum atomic E-state index is -0.539. The Morgan fingerprint density at radius 1 is 1.09 bits per heavy atom. The molecule has 0 aliphatic carbocycles. The van der Waals surface area contributed by atoms with E-state index in [1.807, 2.05) is 37.3 Å². The van der Waals surface area contributed by atoms with E-state index in [4.69, 9.17) is 9.15 Å². The third kappa shape index (κ3) is 2.26. The van der Waals surface area contributed by atoms with Gasteiger partial charge in [-0.2, -0.15) is 0 Å². The fourth-order valence-electron chi connectivity index (χ4n) is 2.46. The van der Waals surface area contributed by atoms with E-state index in [0.29, 0.717) is 22.3 Å². The lowest BCUT2D eigenvalue weighted by Crippen LogP contribution is -2.21. The van der Waals surface area contributed by atoms with Gasteiger partial charge in [-0.05, 0) is 44.4 Å². The first-order chi connectivity index (χ1) is 10.5. The van der Waals surface area contributed by atoms with E-state index >= 15 is 0 Å². The molecule has 1 aromatic heterocycles. The molecule has 0 amide bonds. The molecule has 0 radical (unpaired) electrons. The highest BCUT2D eigenvalue weighted by Crippen LogP contribution is 2.31. The van der Waals surface area contributed by atoms with Gasteiger partial charge >= 0.3 is 5.63 Å². The molecule has 0 fully saturated rings. The Kier molecular flexibility index (Phi) is 3.45.